The zero-order chi connectivity index (χ0) is 13.2. The number of aromatic amines is 1. The predicted octanol–water partition coefficient (Wildman–Crippen LogP) is 3.76. The first kappa shape index (κ1) is 11.8. The fraction of sp³-hybridized carbons (Fsp3) is 0.188. The van der Waals surface area contributed by atoms with E-state index in [0.29, 0.717) is 6.61 Å². The molecule has 0 amide bonds. The number of nitrogens with zero attached hydrogens (tertiary/aromatic N) is 1. The Kier molecular flexibility index (Phi) is 2.95. The van der Waals surface area contributed by atoms with Gasteiger partial charge in [0.05, 0.1) is 11.0 Å². The Morgan fingerprint density at radius 1 is 1.05 bits per heavy atom. The summed E-state index contributed by atoms with van der Waals surface area (Å²) >= 11 is 0. The highest BCUT2D eigenvalue weighted by atomic mass is 16.5. The van der Waals surface area contributed by atoms with Crippen LogP contribution in [0.4, 0.5) is 0 Å². The summed E-state index contributed by atoms with van der Waals surface area (Å²) in [4.78, 5) is 7.85. The van der Waals surface area contributed by atoms with Gasteiger partial charge in [0, 0.05) is 0 Å². The highest BCUT2D eigenvalue weighted by Gasteiger charge is 2.05. The van der Waals surface area contributed by atoms with Gasteiger partial charge in [0.2, 0.25) is 0 Å². The Morgan fingerprint density at radius 3 is 2.58 bits per heavy atom. The molecule has 0 spiro atoms. The largest absolute Gasteiger partial charge is 0.486 e. The first-order valence-electron chi connectivity index (χ1n) is 6.36. The molecular weight excluding hydrogens is 236 g/mol. The van der Waals surface area contributed by atoms with E-state index >= 15 is 0 Å². The van der Waals surface area contributed by atoms with Gasteiger partial charge in [-0.2, -0.15) is 0 Å². The van der Waals surface area contributed by atoms with Gasteiger partial charge in [-0.1, -0.05) is 18.2 Å². The van der Waals surface area contributed by atoms with Crippen LogP contribution in [0.5, 0.6) is 5.75 Å². The van der Waals surface area contributed by atoms with Crippen LogP contribution in [0.15, 0.2) is 42.5 Å². The molecule has 0 aliphatic rings. The van der Waals surface area contributed by atoms with E-state index in [1.807, 2.05) is 30.3 Å². The van der Waals surface area contributed by atoms with E-state index in [1.165, 1.54) is 11.1 Å². The maximum Gasteiger partial charge on any atom is 0.146 e. The van der Waals surface area contributed by atoms with Crippen molar-refractivity contribution in [2.24, 2.45) is 0 Å². The summed E-state index contributed by atoms with van der Waals surface area (Å²) in [6.45, 7) is 4.66. The molecule has 1 heterocycles. The van der Waals surface area contributed by atoms with Crippen LogP contribution in [-0.4, -0.2) is 9.97 Å². The van der Waals surface area contributed by atoms with E-state index in [-0.39, 0.29) is 0 Å². The van der Waals surface area contributed by atoms with E-state index in [1.54, 1.807) is 0 Å². The quantitative estimate of drug-likeness (QED) is 0.770. The maximum absolute atomic E-state index is 5.69. The molecule has 3 aromatic rings. The second-order valence-electron chi connectivity index (χ2n) is 4.74. The second-order valence-corrected chi connectivity index (χ2v) is 4.74. The molecule has 19 heavy (non-hydrogen) atoms. The molecular formula is C16H16N2O. The maximum atomic E-state index is 5.69. The lowest BCUT2D eigenvalue weighted by atomic mass is 10.1. The zero-order valence-electron chi connectivity index (χ0n) is 11.1. The monoisotopic (exact) mass is 252 g/mol. The van der Waals surface area contributed by atoms with Crippen LogP contribution < -0.4 is 4.74 Å². The first-order chi connectivity index (χ1) is 9.22. The number of para-hydroxylation sites is 1. The van der Waals surface area contributed by atoms with E-state index in [9.17, 15) is 0 Å². The van der Waals surface area contributed by atoms with Gasteiger partial charge in [-0.15, -0.1) is 0 Å². The molecule has 0 aliphatic heterocycles. The summed E-state index contributed by atoms with van der Waals surface area (Å²) in [6.07, 6.45) is 0. The standard InChI is InChI=1S/C16H16N2O/c1-11-8-14-15(9-12(11)2)18-16(17-14)10-19-13-6-4-3-5-7-13/h3-9H,10H2,1-2H3,(H,17,18). The van der Waals surface area contributed by atoms with E-state index in [4.69, 9.17) is 4.74 Å². The van der Waals surface area contributed by atoms with Crippen molar-refractivity contribution in [1.82, 2.24) is 9.97 Å². The third-order valence-corrected chi connectivity index (χ3v) is 3.27. The summed E-state index contributed by atoms with van der Waals surface area (Å²) in [6, 6.07) is 14.0. The fourth-order valence-electron chi connectivity index (χ4n) is 2.06. The van der Waals surface area contributed by atoms with Crippen molar-refractivity contribution in [2.45, 2.75) is 20.5 Å². The molecule has 3 rings (SSSR count). The van der Waals surface area contributed by atoms with Crippen LogP contribution in [0.3, 0.4) is 0 Å². The SMILES string of the molecule is Cc1cc2nc(COc3ccccc3)[nH]c2cc1C. The number of hydrogen-bond acceptors (Lipinski definition) is 2. The molecule has 96 valence electrons. The Labute approximate surface area is 112 Å². The number of aromatic nitrogens is 2. The van der Waals surface area contributed by atoms with Gasteiger partial charge < -0.3 is 9.72 Å². The Morgan fingerprint density at radius 2 is 1.79 bits per heavy atom. The minimum atomic E-state index is 0.455. The van der Waals surface area contributed by atoms with Crippen molar-refractivity contribution in [3.05, 3.63) is 59.4 Å². The third kappa shape index (κ3) is 2.45. The number of fused-ring (bicyclic) bond motifs is 1. The molecule has 0 unspecified atom stereocenters. The molecule has 0 saturated heterocycles. The van der Waals surface area contributed by atoms with E-state index in [0.717, 1.165) is 22.6 Å². The summed E-state index contributed by atoms with van der Waals surface area (Å²) in [5, 5.41) is 0. The van der Waals surface area contributed by atoms with Crippen molar-refractivity contribution in [3.8, 4) is 5.75 Å². The van der Waals surface area contributed by atoms with Crippen LogP contribution in [-0.2, 0) is 6.61 Å². The lowest BCUT2D eigenvalue weighted by Crippen LogP contribution is -1.96. The van der Waals surface area contributed by atoms with Crippen molar-refractivity contribution >= 4 is 11.0 Å². The zero-order valence-corrected chi connectivity index (χ0v) is 11.1. The molecule has 2 aromatic carbocycles. The number of aryl methyl sites for hydroxylation is 2. The summed E-state index contributed by atoms with van der Waals surface area (Å²) < 4.78 is 5.69. The van der Waals surface area contributed by atoms with Crippen LogP contribution >= 0.6 is 0 Å². The number of imidazole rings is 1. The summed E-state index contributed by atoms with van der Waals surface area (Å²) in [7, 11) is 0. The topological polar surface area (TPSA) is 37.9 Å². The number of hydrogen-bond donors (Lipinski definition) is 1. The van der Waals surface area contributed by atoms with Crippen LogP contribution in [0.1, 0.15) is 17.0 Å². The average molecular weight is 252 g/mol. The molecule has 3 heteroatoms. The van der Waals surface area contributed by atoms with Gasteiger partial charge >= 0.3 is 0 Å². The Balaban J connectivity index is 1.82. The minimum absolute atomic E-state index is 0.455. The van der Waals surface area contributed by atoms with Gasteiger partial charge in [-0.05, 0) is 49.2 Å². The fourth-order valence-corrected chi connectivity index (χ4v) is 2.06. The van der Waals surface area contributed by atoms with Crippen molar-refractivity contribution in [3.63, 3.8) is 0 Å². The third-order valence-electron chi connectivity index (χ3n) is 3.27. The lowest BCUT2D eigenvalue weighted by Gasteiger charge is -2.02. The lowest BCUT2D eigenvalue weighted by molar-refractivity contribution is 0.297. The van der Waals surface area contributed by atoms with Gasteiger partial charge in [-0.25, -0.2) is 4.98 Å². The van der Waals surface area contributed by atoms with Gasteiger partial charge in [-0.3, -0.25) is 0 Å². The van der Waals surface area contributed by atoms with E-state index in [2.05, 4.69) is 35.9 Å². The minimum Gasteiger partial charge on any atom is -0.486 e. The molecule has 0 aliphatic carbocycles. The molecule has 0 fully saturated rings. The first-order valence-corrected chi connectivity index (χ1v) is 6.36. The van der Waals surface area contributed by atoms with Crippen molar-refractivity contribution in [2.75, 3.05) is 0 Å². The molecule has 0 atom stereocenters. The Bertz CT molecular complexity index is 662. The van der Waals surface area contributed by atoms with Crippen molar-refractivity contribution in [1.29, 1.82) is 0 Å². The average Bonchev–Trinajstić information content (AvgIpc) is 2.80. The van der Waals surface area contributed by atoms with Crippen molar-refractivity contribution < 1.29 is 4.74 Å². The Hall–Kier alpha value is -2.29. The van der Waals surface area contributed by atoms with Gasteiger partial charge in [0.25, 0.3) is 0 Å². The van der Waals surface area contributed by atoms with E-state index < -0.39 is 0 Å². The molecule has 0 saturated carbocycles. The number of H-pyrrole nitrogens is 1. The molecule has 0 radical (unpaired) electrons. The molecule has 1 aromatic heterocycles. The molecule has 0 bridgehead atoms. The normalized spacial score (nSPS) is 10.8. The predicted molar refractivity (Wildman–Crippen MR) is 76.3 cm³/mol. The molecule has 1 N–H and O–H groups in total. The molecule has 3 nitrogen and oxygen atoms in total. The van der Waals surface area contributed by atoms with Crippen LogP contribution in [0.25, 0.3) is 11.0 Å². The van der Waals surface area contributed by atoms with Gasteiger partial charge in [0.1, 0.15) is 18.2 Å². The van der Waals surface area contributed by atoms with Crippen LogP contribution in [0, 0.1) is 13.8 Å². The number of benzene rings is 2. The summed E-state index contributed by atoms with van der Waals surface area (Å²) in [5.74, 6) is 1.71. The van der Waals surface area contributed by atoms with Crippen LogP contribution in [0.2, 0.25) is 0 Å². The number of ether oxygens (including phenoxy) is 1. The second kappa shape index (κ2) is 4.76. The highest BCUT2D eigenvalue weighted by Crippen LogP contribution is 2.18. The number of nitrogens with one attached hydrogen (secondary N) is 1. The smallest absolute Gasteiger partial charge is 0.146 e. The highest BCUT2D eigenvalue weighted by molar-refractivity contribution is 5.77. The van der Waals surface area contributed by atoms with Gasteiger partial charge in [0.15, 0.2) is 0 Å². The summed E-state index contributed by atoms with van der Waals surface area (Å²) in [5.41, 5.74) is 4.59. The number of rotatable bonds is 3.